The number of carbonyl (C=O) groups is 2. The quantitative estimate of drug-likeness (QED) is 0.352. The highest BCUT2D eigenvalue weighted by atomic mass is 32.1. The molecule has 0 aliphatic carbocycles. The summed E-state index contributed by atoms with van der Waals surface area (Å²) in [5.74, 6) is -1.09. The Balaban J connectivity index is 2.38. The molecule has 25 heavy (non-hydrogen) atoms. The summed E-state index contributed by atoms with van der Waals surface area (Å²) in [6.07, 6.45) is 2.90. The second-order valence-electron chi connectivity index (χ2n) is 5.44. The fourth-order valence-corrected chi connectivity index (χ4v) is 2.83. The highest BCUT2D eigenvalue weighted by Crippen LogP contribution is 2.27. The van der Waals surface area contributed by atoms with E-state index in [1.807, 2.05) is 19.9 Å². The van der Waals surface area contributed by atoms with Gasteiger partial charge in [0.2, 0.25) is 0 Å². The highest BCUT2D eigenvalue weighted by molar-refractivity contribution is 7.80. The number of nitrogens with one attached hydrogen (secondary N) is 1. The molecule has 0 aromatic heterocycles. The van der Waals surface area contributed by atoms with Crippen LogP contribution in [0.1, 0.15) is 19.4 Å². The molecule has 1 aromatic rings. The van der Waals surface area contributed by atoms with Gasteiger partial charge in [0.05, 0.1) is 0 Å². The van der Waals surface area contributed by atoms with Crippen LogP contribution in [-0.2, 0) is 9.59 Å². The van der Waals surface area contributed by atoms with Gasteiger partial charge in [-0.1, -0.05) is 6.08 Å². The Bertz CT molecular complexity index is 754. The minimum atomic E-state index is -0.581. The van der Waals surface area contributed by atoms with Crippen LogP contribution < -0.4 is 10.2 Å². The normalized spacial score (nSPS) is 16.2. The van der Waals surface area contributed by atoms with Gasteiger partial charge in [-0.15, -0.1) is 6.58 Å². The third kappa shape index (κ3) is 3.88. The first kappa shape index (κ1) is 18.7. The number of amides is 2. The fraction of sp³-hybridized carbons (Fsp3) is 0.278. The summed E-state index contributed by atoms with van der Waals surface area (Å²) >= 11 is 5.01. The van der Waals surface area contributed by atoms with Gasteiger partial charge in [0.1, 0.15) is 11.3 Å². The molecular formula is C18H21N3O3S. The molecule has 6 nitrogen and oxygen atoms in total. The van der Waals surface area contributed by atoms with Crippen molar-refractivity contribution < 1.29 is 14.7 Å². The van der Waals surface area contributed by atoms with Gasteiger partial charge in [0.25, 0.3) is 11.8 Å². The Labute approximate surface area is 152 Å². The highest BCUT2D eigenvalue weighted by Gasteiger charge is 2.32. The lowest BCUT2D eigenvalue weighted by molar-refractivity contribution is -0.128. The number of hydrogen-bond donors (Lipinski definition) is 2. The van der Waals surface area contributed by atoms with Crippen molar-refractivity contribution >= 4 is 40.9 Å². The van der Waals surface area contributed by atoms with Crippen molar-refractivity contribution in [3.05, 3.63) is 42.0 Å². The summed E-state index contributed by atoms with van der Waals surface area (Å²) in [6, 6.07) is 5.15. The number of anilines is 1. The van der Waals surface area contributed by atoms with Gasteiger partial charge in [0.15, 0.2) is 5.11 Å². The molecule has 1 fully saturated rings. The molecule has 2 N–H and O–H groups in total. The minimum Gasteiger partial charge on any atom is -0.507 e. The molecule has 0 radical (unpaired) electrons. The van der Waals surface area contributed by atoms with Crippen LogP contribution in [0.15, 0.2) is 36.4 Å². The van der Waals surface area contributed by atoms with Crippen LogP contribution in [0.4, 0.5) is 5.69 Å². The van der Waals surface area contributed by atoms with E-state index in [4.69, 9.17) is 12.2 Å². The number of nitrogens with zero attached hydrogens (tertiary/aromatic N) is 2. The van der Waals surface area contributed by atoms with Crippen molar-refractivity contribution in [2.24, 2.45) is 0 Å². The van der Waals surface area contributed by atoms with E-state index in [0.717, 1.165) is 18.8 Å². The van der Waals surface area contributed by atoms with Crippen LogP contribution >= 0.6 is 12.2 Å². The monoisotopic (exact) mass is 359 g/mol. The molecule has 1 aliphatic rings. The number of hydrogen-bond acceptors (Lipinski definition) is 5. The number of carbonyl (C=O) groups excluding carboxylic acids is 2. The second-order valence-corrected chi connectivity index (χ2v) is 5.82. The molecule has 0 saturated carbocycles. The zero-order chi connectivity index (χ0) is 18.6. The topological polar surface area (TPSA) is 72.9 Å². The first-order valence-electron chi connectivity index (χ1n) is 8.00. The standard InChI is InChI=1S/C18H21N3O3S/c1-4-9-21-17(24)14(16(23)19-18(21)25)10-12-7-8-13(11-15(12)22)20(5-2)6-3/h4,7-8,10-11,22H,1,5-6,9H2,2-3H3,(H,19,23,25)/b14-10+. The van der Waals surface area contributed by atoms with Gasteiger partial charge in [-0.3, -0.25) is 19.8 Å². The average Bonchev–Trinajstić information content (AvgIpc) is 2.58. The maximum atomic E-state index is 12.5. The molecule has 0 bridgehead atoms. The lowest BCUT2D eigenvalue weighted by Gasteiger charge is -2.27. The summed E-state index contributed by atoms with van der Waals surface area (Å²) in [4.78, 5) is 27.9. The first-order valence-corrected chi connectivity index (χ1v) is 8.41. The van der Waals surface area contributed by atoms with Gasteiger partial charge < -0.3 is 10.0 Å². The van der Waals surface area contributed by atoms with Crippen molar-refractivity contribution in [1.82, 2.24) is 10.2 Å². The predicted molar refractivity (Wildman–Crippen MR) is 102 cm³/mol. The zero-order valence-electron chi connectivity index (χ0n) is 14.3. The van der Waals surface area contributed by atoms with Crippen LogP contribution in [0.2, 0.25) is 0 Å². The van der Waals surface area contributed by atoms with Crippen molar-refractivity contribution in [3.63, 3.8) is 0 Å². The molecule has 0 unspecified atom stereocenters. The van der Waals surface area contributed by atoms with E-state index in [1.165, 1.54) is 17.1 Å². The molecule has 0 atom stereocenters. The average molecular weight is 359 g/mol. The number of benzene rings is 1. The number of thiocarbonyl (C=S) groups is 1. The van der Waals surface area contributed by atoms with Gasteiger partial charge in [-0.05, 0) is 44.3 Å². The summed E-state index contributed by atoms with van der Waals surface area (Å²) in [7, 11) is 0. The van der Waals surface area contributed by atoms with Gasteiger partial charge in [-0.25, -0.2) is 0 Å². The van der Waals surface area contributed by atoms with Crippen LogP contribution in [0.5, 0.6) is 5.75 Å². The van der Waals surface area contributed by atoms with Crippen LogP contribution in [0, 0.1) is 0 Å². The molecule has 2 rings (SSSR count). The van der Waals surface area contributed by atoms with Crippen molar-refractivity contribution in [2.75, 3.05) is 24.5 Å². The number of rotatable bonds is 6. The molecule has 2 amide bonds. The third-order valence-corrected chi connectivity index (χ3v) is 4.26. The lowest BCUT2D eigenvalue weighted by Crippen LogP contribution is -2.53. The summed E-state index contributed by atoms with van der Waals surface area (Å²) < 4.78 is 0. The first-order chi connectivity index (χ1) is 11.9. The molecule has 0 spiro atoms. The Morgan fingerprint density at radius 3 is 2.56 bits per heavy atom. The van der Waals surface area contributed by atoms with E-state index < -0.39 is 11.8 Å². The molecule has 1 saturated heterocycles. The fourth-order valence-electron chi connectivity index (χ4n) is 2.58. The number of phenolic OH excluding ortho intramolecular Hbond substituents is 1. The number of aromatic hydroxyl groups is 1. The SMILES string of the molecule is C=CCN1C(=O)/C(=C/c2ccc(N(CC)CC)cc2O)C(=O)NC1=S. The maximum absolute atomic E-state index is 12.5. The molecule has 1 aromatic carbocycles. The van der Waals surface area contributed by atoms with Crippen LogP contribution in [0.3, 0.4) is 0 Å². The van der Waals surface area contributed by atoms with Gasteiger partial charge >= 0.3 is 0 Å². The van der Waals surface area contributed by atoms with Crippen LogP contribution in [0.25, 0.3) is 6.08 Å². The second kappa shape index (κ2) is 7.94. The third-order valence-electron chi connectivity index (χ3n) is 3.94. The lowest BCUT2D eigenvalue weighted by atomic mass is 10.1. The van der Waals surface area contributed by atoms with E-state index in [9.17, 15) is 14.7 Å². The van der Waals surface area contributed by atoms with Gasteiger partial charge in [-0.2, -0.15) is 0 Å². The Morgan fingerprint density at radius 2 is 2.00 bits per heavy atom. The molecule has 132 valence electrons. The summed E-state index contributed by atoms with van der Waals surface area (Å²) in [6.45, 7) is 9.45. The maximum Gasteiger partial charge on any atom is 0.265 e. The zero-order valence-corrected chi connectivity index (χ0v) is 15.1. The Morgan fingerprint density at radius 1 is 1.32 bits per heavy atom. The van der Waals surface area contributed by atoms with E-state index in [1.54, 1.807) is 12.1 Å². The predicted octanol–water partition coefficient (Wildman–Crippen LogP) is 2.05. The number of phenols is 1. The smallest absolute Gasteiger partial charge is 0.265 e. The van der Waals surface area contributed by atoms with E-state index in [0.29, 0.717) is 5.56 Å². The Kier molecular flexibility index (Phi) is 5.93. The molecule has 1 aliphatic heterocycles. The summed E-state index contributed by atoms with van der Waals surface area (Å²) in [5, 5.41) is 12.8. The summed E-state index contributed by atoms with van der Waals surface area (Å²) in [5.41, 5.74) is 1.18. The van der Waals surface area contributed by atoms with Crippen LogP contribution in [-0.4, -0.2) is 46.6 Å². The van der Waals surface area contributed by atoms with Crippen molar-refractivity contribution in [1.29, 1.82) is 0 Å². The molecule has 1 heterocycles. The van der Waals surface area contributed by atoms with E-state index in [-0.39, 0.29) is 23.0 Å². The Hall–Kier alpha value is -2.67. The van der Waals surface area contributed by atoms with Crippen molar-refractivity contribution in [2.45, 2.75) is 13.8 Å². The molecular weight excluding hydrogens is 338 g/mol. The largest absolute Gasteiger partial charge is 0.507 e. The molecule has 7 heteroatoms. The van der Waals surface area contributed by atoms with Gasteiger partial charge in [0, 0.05) is 37.0 Å². The van der Waals surface area contributed by atoms with E-state index >= 15 is 0 Å². The van der Waals surface area contributed by atoms with E-state index in [2.05, 4.69) is 16.8 Å². The minimum absolute atomic E-state index is 0.000852. The van der Waals surface area contributed by atoms with Crippen molar-refractivity contribution in [3.8, 4) is 5.75 Å².